The Bertz CT molecular complexity index is 198. The Labute approximate surface area is 67.8 Å². The molecule has 11 heavy (non-hydrogen) atoms. The van der Waals surface area contributed by atoms with Crippen molar-refractivity contribution in [3.8, 4) is 0 Å². The Hall–Kier alpha value is -1.05. The maximum absolute atomic E-state index is 10.4. The van der Waals surface area contributed by atoms with Gasteiger partial charge in [0.15, 0.2) is 0 Å². The topological polar surface area (TPSA) is 43.1 Å². The molecule has 2 heteroatoms. The van der Waals surface area contributed by atoms with Gasteiger partial charge in [-0.05, 0) is 25.8 Å². The molecule has 1 amide bonds. The standard InChI is InChI=1S/C9H15NO/c1-4-8(7(2)3)5-6-9(10)11/h5-6H,4H2,1-3H3,(H2,10,11)/b6-5+. The molecule has 2 N–H and O–H groups in total. The van der Waals surface area contributed by atoms with Gasteiger partial charge in [0.05, 0.1) is 0 Å². The zero-order valence-corrected chi connectivity index (χ0v) is 7.35. The lowest BCUT2D eigenvalue weighted by Crippen LogP contribution is -2.05. The summed E-state index contributed by atoms with van der Waals surface area (Å²) in [6, 6.07) is 0. The molecule has 0 heterocycles. The number of primary amides is 1. The molecule has 0 aliphatic heterocycles. The van der Waals surface area contributed by atoms with Crippen LogP contribution in [0.1, 0.15) is 27.2 Å². The number of rotatable bonds is 3. The van der Waals surface area contributed by atoms with Crippen LogP contribution in [-0.4, -0.2) is 5.91 Å². The van der Waals surface area contributed by atoms with Gasteiger partial charge in [0.25, 0.3) is 0 Å². The quantitative estimate of drug-likeness (QED) is 0.487. The molecule has 0 aromatic heterocycles. The maximum atomic E-state index is 10.4. The predicted molar refractivity (Wildman–Crippen MR) is 47.0 cm³/mol. The van der Waals surface area contributed by atoms with Crippen LogP contribution >= 0.6 is 0 Å². The maximum Gasteiger partial charge on any atom is 0.241 e. The molecule has 0 fully saturated rings. The van der Waals surface area contributed by atoms with E-state index in [9.17, 15) is 4.79 Å². The van der Waals surface area contributed by atoms with E-state index in [-0.39, 0.29) is 0 Å². The summed E-state index contributed by atoms with van der Waals surface area (Å²) in [7, 11) is 0. The first-order chi connectivity index (χ1) is 5.07. The van der Waals surface area contributed by atoms with Crippen molar-refractivity contribution in [1.29, 1.82) is 0 Å². The number of hydrogen-bond acceptors (Lipinski definition) is 1. The van der Waals surface area contributed by atoms with Crippen LogP contribution in [0, 0.1) is 0 Å². The second-order valence-electron chi connectivity index (χ2n) is 2.61. The largest absolute Gasteiger partial charge is 0.366 e. The zero-order chi connectivity index (χ0) is 8.85. The van der Waals surface area contributed by atoms with Crippen molar-refractivity contribution in [3.05, 3.63) is 23.3 Å². The summed E-state index contributed by atoms with van der Waals surface area (Å²) in [5, 5.41) is 0. The first kappa shape index (κ1) is 9.95. The van der Waals surface area contributed by atoms with Crippen LogP contribution in [0.3, 0.4) is 0 Å². The molecular weight excluding hydrogens is 138 g/mol. The summed E-state index contributed by atoms with van der Waals surface area (Å²) < 4.78 is 0. The summed E-state index contributed by atoms with van der Waals surface area (Å²) in [5.74, 6) is -0.391. The van der Waals surface area contributed by atoms with Crippen LogP contribution < -0.4 is 5.73 Å². The van der Waals surface area contributed by atoms with Crippen molar-refractivity contribution in [2.24, 2.45) is 5.73 Å². The van der Waals surface area contributed by atoms with E-state index in [4.69, 9.17) is 5.73 Å². The number of allylic oxidation sites excluding steroid dienone is 3. The van der Waals surface area contributed by atoms with Crippen molar-refractivity contribution in [2.75, 3.05) is 0 Å². The molecule has 2 nitrogen and oxygen atoms in total. The Kier molecular flexibility index (Phi) is 4.27. The molecule has 0 aromatic rings. The van der Waals surface area contributed by atoms with E-state index in [1.165, 1.54) is 17.2 Å². The highest BCUT2D eigenvalue weighted by molar-refractivity contribution is 5.86. The summed E-state index contributed by atoms with van der Waals surface area (Å²) >= 11 is 0. The lowest BCUT2D eigenvalue weighted by molar-refractivity contribution is -0.113. The summed E-state index contributed by atoms with van der Waals surface area (Å²) in [6.07, 6.45) is 4.11. The van der Waals surface area contributed by atoms with Crippen molar-refractivity contribution >= 4 is 5.91 Å². The third kappa shape index (κ3) is 4.37. The van der Waals surface area contributed by atoms with Crippen LogP contribution in [0.5, 0.6) is 0 Å². The molecular formula is C9H15NO. The molecule has 0 aliphatic rings. The third-order valence-corrected chi connectivity index (χ3v) is 1.47. The number of carbonyl (C=O) groups is 1. The first-order valence-corrected chi connectivity index (χ1v) is 3.71. The average molecular weight is 153 g/mol. The Balaban J connectivity index is 4.33. The Morgan fingerprint density at radius 3 is 2.18 bits per heavy atom. The molecule has 0 bridgehead atoms. The minimum atomic E-state index is -0.391. The Morgan fingerprint density at radius 1 is 1.36 bits per heavy atom. The smallest absolute Gasteiger partial charge is 0.241 e. The van der Waals surface area contributed by atoms with E-state index in [0.29, 0.717) is 0 Å². The van der Waals surface area contributed by atoms with Crippen LogP contribution in [-0.2, 0) is 4.79 Å². The fourth-order valence-corrected chi connectivity index (χ4v) is 0.821. The SMILES string of the molecule is CCC(/C=C/C(N)=O)=C(C)C. The Morgan fingerprint density at radius 2 is 1.91 bits per heavy atom. The van der Waals surface area contributed by atoms with E-state index in [0.717, 1.165) is 6.42 Å². The van der Waals surface area contributed by atoms with E-state index in [2.05, 4.69) is 0 Å². The normalized spacial score (nSPS) is 10.1. The predicted octanol–water partition coefficient (Wildman–Crippen LogP) is 1.77. The highest BCUT2D eigenvalue weighted by atomic mass is 16.1. The van der Waals surface area contributed by atoms with Crippen LogP contribution in [0.25, 0.3) is 0 Å². The summed E-state index contributed by atoms with van der Waals surface area (Å²) in [5.41, 5.74) is 7.34. The summed E-state index contributed by atoms with van der Waals surface area (Å²) in [6.45, 7) is 6.09. The molecule has 0 rings (SSSR count). The minimum Gasteiger partial charge on any atom is -0.366 e. The van der Waals surface area contributed by atoms with Gasteiger partial charge in [-0.2, -0.15) is 0 Å². The molecule has 0 atom stereocenters. The molecule has 62 valence electrons. The van der Waals surface area contributed by atoms with E-state index < -0.39 is 5.91 Å². The van der Waals surface area contributed by atoms with Crippen LogP contribution in [0.4, 0.5) is 0 Å². The van der Waals surface area contributed by atoms with E-state index in [1.807, 2.05) is 20.8 Å². The fraction of sp³-hybridized carbons (Fsp3) is 0.444. The van der Waals surface area contributed by atoms with E-state index >= 15 is 0 Å². The molecule has 0 aromatic carbocycles. The van der Waals surface area contributed by atoms with Gasteiger partial charge in [0, 0.05) is 6.08 Å². The second kappa shape index (κ2) is 4.72. The lowest BCUT2D eigenvalue weighted by Gasteiger charge is -1.98. The van der Waals surface area contributed by atoms with Gasteiger partial charge in [-0.15, -0.1) is 0 Å². The first-order valence-electron chi connectivity index (χ1n) is 3.71. The molecule has 0 saturated carbocycles. The van der Waals surface area contributed by atoms with E-state index in [1.54, 1.807) is 6.08 Å². The summed E-state index contributed by atoms with van der Waals surface area (Å²) in [4.78, 5) is 10.4. The third-order valence-electron chi connectivity index (χ3n) is 1.47. The van der Waals surface area contributed by atoms with Crippen LogP contribution in [0.15, 0.2) is 23.3 Å². The van der Waals surface area contributed by atoms with Gasteiger partial charge in [0.2, 0.25) is 5.91 Å². The van der Waals surface area contributed by atoms with Crippen molar-refractivity contribution in [2.45, 2.75) is 27.2 Å². The van der Waals surface area contributed by atoms with Gasteiger partial charge in [0.1, 0.15) is 0 Å². The van der Waals surface area contributed by atoms with Gasteiger partial charge in [-0.3, -0.25) is 4.79 Å². The van der Waals surface area contributed by atoms with Gasteiger partial charge >= 0.3 is 0 Å². The highest BCUT2D eigenvalue weighted by Crippen LogP contribution is 2.08. The van der Waals surface area contributed by atoms with Gasteiger partial charge < -0.3 is 5.73 Å². The number of nitrogens with two attached hydrogens (primary N) is 1. The van der Waals surface area contributed by atoms with Crippen molar-refractivity contribution < 1.29 is 4.79 Å². The fourth-order valence-electron chi connectivity index (χ4n) is 0.821. The highest BCUT2D eigenvalue weighted by Gasteiger charge is 1.91. The van der Waals surface area contributed by atoms with Gasteiger partial charge in [-0.1, -0.05) is 18.6 Å². The minimum absolute atomic E-state index is 0.391. The number of amides is 1. The molecule has 0 radical (unpaired) electrons. The average Bonchev–Trinajstić information content (AvgIpc) is 1.87. The number of carbonyl (C=O) groups excluding carboxylic acids is 1. The van der Waals surface area contributed by atoms with Crippen LogP contribution in [0.2, 0.25) is 0 Å². The number of hydrogen-bond donors (Lipinski definition) is 1. The zero-order valence-electron chi connectivity index (χ0n) is 7.35. The second-order valence-corrected chi connectivity index (χ2v) is 2.61. The van der Waals surface area contributed by atoms with Gasteiger partial charge in [-0.25, -0.2) is 0 Å². The molecule has 0 spiro atoms. The lowest BCUT2D eigenvalue weighted by atomic mass is 10.1. The van der Waals surface area contributed by atoms with Crippen molar-refractivity contribution in [1.82, 2.24) is 0 Å². The molecule has 0 aliphatic carbocycles. The molecule has 0 saturated heterocycles. The monoisotopic (exact) mass is 153 g/mol. The van der Waals surface area contributed by atoms with Crippen molar-refractivity contribution in [3.63, 3.8) is 0 Å². The molecule has 0 unspecified atom stereocenters.